The molecule has 0 aliphatic rings. The lowest BCUT2D eigenvalue weighted by Crippen LogP contribution is -2.12. The summed E-state index contributed by atoms with van der Waals surface area (Å²) in [5, 5.41) is 22.3. The van der Waals surface area contributed by atoms with Crippen molar-refractivity contribution in [2.24, 2.45) is 0 Å². The van der Waals surface area contributed by atoms with Crippen LogP contribution in [0.5, 0.6) is 0 Å². The van der Waals surface area contributed by atoms with Gasteiger partial charge in [0.05, 0.1) is 5.69 Å². The number of nitrogens with one attached hydrogen (secondary N) is 1. The fourth-order valence-corrected chi connectivity index (χ4v) is 2.53. The van der Waals surface area contributed by atoms with Crippen LogP contribution in [0.3, 0.4) is 0 Å². The van der Waals surface area contributed by atoms with E-state index in [0.29, 0.717) is 13.0 Å². The second kappa shape index (κ2) is 6.63. The molecule has 2 heterocycles. The van der Waals surface area contributed by atoms with E-state index in [-0.39, 0.29) is 6.61 Å². The van der Waals surface area contributed by atoms with Gasteiger partial charge in [-0.15, -0.1) is 16.4 Å². The summed E-state index contributed by atoms with van der Waals surface area (Å²) < 4.78 is 1.77. The molecule has 18 heavy (non-hydrogen) atoms. The molecule has 2 N–H and O–H groups in total. The molecule has 0 aliphatic heterocycles. The Labute approximate surface area is 110 Å². The van der Waals surface area contributed by atoms with E-state index in [1.165, 1.54) is 10.4 Å². The molecule has 0 unspecified atom stereocenters. The maximum absolute atomic E-state index is 8.73. The lowest BCUT2D eigenvalue weighted by molar-refractivity contribution is 0.276. The Balaban J connectivity index is 1.76. The molecule has 2 aromatic heterocycles. The first-order valence-electron chi connectivity index (χ1n) is 6.03. The molecule has 6 heteroatoms. The highest BCUT2D eigenvalue weighted by molar-refractivity contribution is 7.10. The van der Waals surface area contributed by atoms with Crippen LogP contribution in [0.15, 0.2) is 17.6 Å². The zero-order valence-electron chi connectivity index (χ0n) is 10.5. The van der Waals surface area contributed by atoms with Gasteiger partial charge in [0.15, 0.2) is 0 Å². The zero-order chi connectivity index (χ0) is 12.8. The average Bonchev–Trinajstić information content (AvgIpc) is 2.97. The Bertz CT molecular complexity index is 480. The van der Waals surface area contributed by atoms with Gasteiger partial charge in [0.25, 0.3) is 0 Å². The minimum atomic E-state index is 0.186. The molecular weight excluding hydrogens is 248 g/mol. The summed E-state index contributed by atoms with van der Waals surface area (Å²) in [6.07, 6.45) is 2.63. The highest BCUT2D eigenvalue weighted by atomic mass is 32.1. The van der Waals surface area contributed by atoms with E-state index in [1.54, 1.807) is 16.0 Å². The van der Waals surface area contributed by atoms with Gasteiger partial charge in [-0.3, -0.25) is 4.68 Å². The lowest BCUT2D eigenvalue weighted by atomic mass is 10.3. The third-order valence-corrected chi connectivity index (χ3v) is 3.71. The first-order chi connectivity index (χ1) is 8.79. The van der Waals surface area contributed by atoms with Crippen LogP contribution in [0.1, 0.15) is 22.6 Å². The van der Waals surface area contributed by atoms with E-state index in [1.807, 2.05) is 6.20 Å². The fourth-order valence-electron chi connectivity index (χ4n) is 1.65. The molecule has 98 valence electrons. The largest absolute Gasteiger partial charge is 0.396 e. The van der Waals surface area contributed by atoms with Gasteiger partial charge in [0.2, 0.25) is 0 Å². The Morgan fingerprint density at radius 2 is 2.33 bits per heavy atom. The first-order valence-corrected chi connectivity index (χ1v) is 6.91. The van der Waals surface area contributed by atoms with E-state index >= 15 is 0 Å². The summed E-state index contributed by atoms with van der Waals surface area (Å²) in [6.45, 7) is 4.61. The number of thiophene rings is 1. The smallest absolute Gasteiger partial charge is 0.0964 e. The Morgan fingerprint density at radius 1 is 1.44 bits per heavy atom. The van der Waals surface area contributed by atoms with Gasteiger partial charge in [-0.1, -0.05) is 5.21 Å². The second-order valence-corrected chi connectivity index (χ2v) is 5.18. The third-order valence-electron chi connectivity index (χ3n) is 2.69. The molecule has 0 fully saturated rings. The molecule has 0 bridgehead atoms. The van der Waals surface area contributed by atoms with Gasteiger partial charge in [-0.2, -0.15) is 0 Å². The monoisotopic (exact) mass is 266 g/mol. The van der Waals surface area contributed by atoms with Crippen LogP contribution in [-0.4, -0.2) is 26.7 Å². The second-order valence-electron chi connectivity index (χ2n) is 4.18. The third kappa shape index (κ3) is 3.63. The van der Waals surface area contributed by atoms with E-state index < -0.39 is 0 Å². The van der Waals surface area contributed by atoms with Crippen molar-refractivity contribution in [3.8, 4) is 0 Å². The van der Waals surface area contributed by atoms with Crippen molar-refractivity contribution in [2.75, 3.05) is 6.61 Å². The maximum atomic E-state index is 8.73. The van der Waals surface area contributed by atoms with E-state index in [4.69, 9.17) is 5.11 Å². The number of hydrogen-bond donors (Lipinski definition) is 2. The molecule has 0 saturated carbocycles. The summed E-state index contributed by atoms with van der Waals surface area (Å²) in [5.41, 5.74) is 2.27. The molecule has 2 aromatic rings. The summed E-state index contributed by atoms with van der Waals surface area (Å²) in [5.74, 6) is 0. The van der Waals surface area contributed by atoms with Crippen molar-refractivity contribution in [1.82, 2.24) is 20.3 Å². The lowest BCUT2D eigenvalue weighted by Gasteiger charge is -2.01. The fraction of sp³-hybridized carbons (Fsp3) is 0.500. The minimum Gasteiger partial charge on any atom is -0.396 e. The van der Waals surface area contributed by atoms with Crippen LogP contribution in [0, 0.1) is 6.92 Å². The number of aromatic nitrogens is 3. The van der Waals surface area contributed by atoms with Crippen LogP contribution >= 0.6 is 11.3 Å². The molecule has 5 nitrogen and oxygen atoms in total. The van der Waals surface area contributed by atoms with Crippen molar-refractivity contribution in [2.45, 2.75) is 33.0 Å². The van der Waals surface area contributed by atoms with Crippen molar-refractivity contribution < 1.29 is 5.11 Å². The van der Waals surface area contributed by atoms with Crippen molar-refractivity contribution >= 4 is 11.3 Å². The van der Waals surface area contributed by atoms with Crippen molar-refractivity contribution in [3.63, 3.8) is 0 Å². The molecular formula is C12H18N4OS. The molecule has 0 saturated heterocycles. The number of aliphatic hydroxyl groups is 1. The first kappa shape index (κ1) is 13.2. The van der Waals surface area contributed by atoms with Crippen LogP contribution < -0.4 is 5.32 Å². The topological polar surface area (TPSA) is 63.0 Å². The highest BCUT2D eigenvalue weighted by Crippen LogP contribution is 2.14. The van der Waals surface area contributed by atoms with E-state index in [0.717, 1.165) is 18.8 Å². The molecule has 0 amide bonds. The highest BCUT2D eigenvalue weighted by Gasteiger charge is 2.02. The van der Waals surface area contributed by atoms with Crippen LogP contribution in [0.2, 0.25) is 0 Å². The van der Waals surface area contributed by atoms with Gasteiger partial charge < -0.3 is 10.4 Å². The Kier molecular flexibility index (Phi) is 4.86. The maximum Gasteiger partial charge on any atom is 0.0964 e. The number of nitrogens with zero attached hydrogens (tertiary/aromatic N) is 3. The summed E-state index contributed by atoms with van der Waals surface area (Å²) in [6, 6.07) is 2.13. The Morgan fingerprint density at radius 3 is 3.06 bits per heavy atom. The quantitative estimate of drug-likeness (QED) is 0.793. The van der Waals surface area contributed by atoms with E-state index in [9.17, 15) is 0 Å². The van der Waals surface area contributed by atoms with Crippen LogP contribution in [0.25, 0.3) is 0 Å². The molecule has 0 aromatic carbocycles. The average molecular weight is 266 g/mol. The van der Waals surface area contributed by atoms with Crippen LogP contribution in [-0.2, 0) is 19.6 Å². The summed E-state index contributed by atoms with van der Waals surface area (Å²) in [7, 11) is 0. The van der Waals surface area contributed by atoms with Gasteiger partial charge in [-0.05, 0) is 30.4 Å². The molecule has 0 spiro atoms. The van der Waals surface area contributed by atoms with Crippen molar-refractivity contribution in [3.05, 3.63) is 33.8 Å². The van der Waals surface area contributed by atoms with Gasteiger partial charge in [-0.25, -0.2) is 0 Å². The summed E-state index contributed by atoms with van der Waals surface area (Å²) >= 11 is 1.77. The van der Waals surface area contributed by atoms with E-state index in [2.05, 4.69) is 34.0 Å². The normalized spacial score (nSPS) is 11.0. The molecule has 0 radical (unpaired) electrons. The van der Waals surface area contributed by atoms with Gasteiger partial charge in [0, 0.05) is 37.3 Å². The standard InChI is InChI=1S/C12H18N4OS/c1-10-3-6-18-12(10)8-13-7-11-9-16(15-14-11)4-2-5-17/h3,6,9,13,17H,2,4-5,7-8H2,1H3. The predicted molar refractivity (Wildman–Crippen MR) is 71.3 cm³/mol. The van der Waals surface area contributed by atoms with Gasteiger partial charge in [0.1, 0.15) is 0 Å². The molecule has 0 aliphatic carbocycles. The van der Waals surface area contributed by atoms with Crippen molar-refractivity contribution in [1.29, 1.82) is 0 Å². The SMILES string of the molecule is Cc1ccsc1CNCc1cn(CCCO)nn1. The number of rotatable bonds is 7. The number of aliphatic hydroxyl groups excluding tert-OH is 1. The molecule has 2 rings (SSSR count). The number of hydrogen-bond acceptors (Lipinski definition) is 5. The minimum absolute atomic E-state index is 0.186. The summed E-state index contributed by atoms with van der Waals surface area (Å²) in [4.78, 5) is 1.36. The Hall–Kier alpha value is -1.24. The predicted octanol–water partition coefficient (Wildman–Crippen LogP) is 1.32. The van der Waals surface area contributed by atoms with Gasteiger partial charge >= 0.3 is 0 Å². The molecule has 0 atom stereocenters. The van der Waals surface area contributed by atoms with Crippen LogP contribution in [0.4, 0.5) is 0 Å². The number of aryl methyl sites for hydroxylation is 2. The zero-order valence-corrected chi connectivity index (χ0v) is 11.3.